The molecule has 0 amide bonds. The van der Waals surface area contributed by atoms with Crippen molar-refractivity contribution in [3.8, 4) is 11.4 Å². The van der Waals surface area contributed by atoms with E-state index in [0.717, 1.165) is 9.99 Å². The second kappa shape index (κ2) is 4.51. The zero-order valence-electron chi connectivity index (χ0n) is 9.75. The fourth-order valence-corrected chi connectivity index (χ4v) is 2.39. The second-order valence-corrected chi connectivity index (χ2v) is 4.99. The van der Waals surface area contributed by atoms with E-state index < -0.39 is 5.97 Å². The molecule has 2 heterocycles. The number of imidazole rings is 1. The van der Waals surface area contributed by atoms with E-state index in [1.54, 1.807) is 24.4 Å². The summed E-state index contributed by atoms with van der Waals surface area (Å²) in [6, 6.07) is 10.7. The van der Waals surface area contributed by atoms with Crippen molar-refractivity contribution in [3.05, 3.63) is 58.8 Å². The van der Waals surface area contributed by atoms with Crippen molar-refractivity contribution in [3.63, 3.8) is 0 Å². The molecule has 0 spiro atoms. The number of benzene rings is 1. The van der Waals surface area contributed by atoms with Gasteiger partial charge < -0.3 is 5.11 Å². The average molecular weight is 317 g/mol. The second-order valence-electron chi connectivity index (χ2n) is 4.07. The first-order valence-corrected chi connectivity index (χ1v) is 6.41. The first-order chi connectivity index (χ1) is 9.16. The highest BCUT2D eigenvalue weighted by Gasteiger charge is 2.14. The fourth-order valence-electron chi connectivity index (χ4n) is 2.04. The normalized spacial score (nSPS) is 10.8. The predicted octanol–water partition coefficient (Wildman–Crippen LogP) is 3.46. The van der Waals surface area contributed by atoms with Crippen LogP contribution >= 0.6 is 15.9 Å². The third-order valence-electron chi connectivity index (χ3n) is 2.89. The topological polar surface area (TPSA) is 54.6 Å². The summed E-state index contributed by atoms with van der Waals surface area (Å²) in [7, 11) is 0. The number of hydrogen-bond donors (Lipinski definition) is 1. The van der Waals surface area contributed by atoms with Crippen molar-refractivity contribution in [1.82, 2.24) is 9.38 Å². The quantitative estimate of drug-likeness (QED) is 0.787. The van der Waals surface area contributed by atoms with Crippen LogP contribution in [-0.4, -0.2) is 20.5 Å². The molecular formula is C14H9BrN2O2. The van der Waals surface area contributed by atoms with E-state index in [4.69, 9.17) is 0 Å². The monoisotopic (exact) mass is 316 g/mol. The van der Waals surface area contributed by atoms with Crippen LogP contribution in [0.5, 0.6) is 0 Å². The van der Waals surface area contributed by atoms with Gasteiger partial charge in [0.25, 0.3) is 0 Å². The summed E-state index contributed by atoms with van der Waals surface area (Å²) >= 11 is 3.40. The van der Waals surface area contributed by atoms with Gasteiger partial charge in [0.05, 0.1) is 17.3 Å². The molecule has 2 aromatic heterocycles. The largest absolute Gasteiger partial charge is 0.478 e. The molecule has 94 valence electrons. The van der Waals surface area contributed by atoms with Crippen LogP contribution in [0.15, 0.2) is 53.3 Å². The minimum atomic E-state index is -0.954. The number of aromatic nitrogens is 2. The molecule has 1 N–H and O–H groups in total. The van der Waals surface area contributed by atoms with Gasteiger partial charge in [0.15, 0.2) is 0 Å². The average Bonchev–Trinajstić information content (AvgIpc) is 2.81. The first-order valence-electron chi connectivity index (χ1n) is 5.62. The fraction of sp³-hybridized carbons (Fsp3) is 0. The smallest absolute Gasteiger partial charge is 0.336 e. The Morgan fingerprint density at radius 1 is 1.26 bits per heavy atom. The Bertz CT molecular complexity index is 780. The highest BCUT2D eigenvalue weighted by molar-refractivity contribution is 9.10. The van der Waals surface area contributed by atoms with Crippen molar-refractivity contribution >= 4 is 27.4 Å². The van der Waals surface area contributed by atoms with Gasteiger partial charge in [-0.2, -0.15) is 0 Å². The lowest BCUT2D eigenvalue weighted by Gasteiger charge is -2.05. The number of halogens is 1. The Morgan fingerprint density at radius 3 is 2.84 bits per heavy atom. The van der Waals surface area contributed by atoms with Crippen LogP contribution in [0.25, 0.3) is 16.9 Å². The molecule has 19 heavy (non-hydrogen) atoms. The number of carboxylic acids is 1. The summed E-state index contributed by atoms with van der Waals surface area (Å²) < 4.78 is 2.82. The number of pyridine rings is 1. The Kier molecular flexibility index (Phi) is 2.83. The Hall–Kier alpha value is -2.14. The first kappa shape index (κ1) is 11.9. The van der Waals surface area contributed by atoms with Crippen LogP contribution in [0, 0.1) is 0 Å². The third-order valence-corrected chi connectivity index (χ3v) is 3.39. The molecule has 0 aliphatic rings. The number of hydrogen-bond acceptors (Lipinski definition) is 2. The number of nitrogens with zero attached hydrogens (tertiary/aromatic N) is 2. The molecule has 3 rings (SSSR count). The van der Waals surface area contributed by atoms with Crippen molar-refractivity contribution in [1.29, 1.82) is 0 Å². The van der Waals surface area contributed by atoms with Crippen LogP contribution in [0.2, 0.25) is 0 Å². The maximum absolute atomic E-state index is 11.3. The highest BCUT2D eigenvalue weighted by Crippen LogP contribution is 2.25. The van der Waals surface area contributed by atoms with Crippen molar-refractivity contribution in [2.75, 3.05) is 0 Å². The zero-order valence-corrected chi connectivity index (χ0v) is 11.3. The zero-order chi connectivity index (χ0) is 13.4. The van der Waals surface area contributed by atoms with Crippen molar-refractivity contribution < 1.29 is 9.90 Å². The van der Waals surface area contributed by atoms with E-state index >= 15 is 0 Å². The van der Waals surface area contributed by atoms with Gasteiger partial charge >= 0.3 is 5.97 Å². The summed E-state index contributed by atoms with van der Waals surface area (Å²) in [5, 5.41) is 9.24. The molecule has 0 saturated heterocycles. The molecule has 0 saturated carbocycles. The number of aromatic carboxylic acids is 1. The molecule has 5 heteroatoms. The van der Waals surface area contributed by atoms with E-state index in [0.29, 0.717) is 11.4 Å². The SMILES string of the molecule is O=C(O)c1ccccc1-c1ncc2cc(Br)ccn12. The molecule has 0 bridgehead atoms. The summed E-state index contributed by atoms with van der Waals surface area (Å²) in [5.74, 6) is -0.329. The lowest BCUT2D eigenvalue weighted by molar-refractivity contribution is 0.0697. The number of carbonyl (C=O) groups is 1. The minimum absolute atomic E-state index is 0.248. The molecule has 1 aromatic carbocycles. The van der Waals surface area contributed by atoms with Gasteiger partial charge in [0.2, 0.25) is 0 Å². The van der Waals surface area contributed by atoms with Gasteiger partial charge in [-0.3, -0.25) is 4.40 Å². The van der Waals surface area contributed by atoms with Gasteiger partial charge in [-0.25, -0.2) is 9.78 Å². The summed E-state index contributed by atoms with van der Waals surface area (Å²) in [5.41, 5.74) is 1.76. The summed E-state index contributed by atoms with van der Waals surface area (Å²) in [6.45, 7) is 0. The van der Waals surface area contributed by atoms with E-state index in [2.05, 4.69) is 20.9 Å². The Balaban J connectivity index is 2.28. The molecule has 0 aliphatic heterocycles. The van der Waals surface area contributed by atoms with Crippen LogP contribution in [-0.2, 0) is 0 Å². The summed E-state index contributed by atoms with van der Waals surface area (Å²) in [4.78, 5) is 15.6. The van der Waals surface area contributed by atoms with Crippen LogP contribution in [0.1, 0.15) is 10.4 Å². The van der Waals surface area contributed by atoms with E-state index in [1.165, 1.54) is 0 Å². The van der Waals surface area contributed by atoms with Crippen molar-refractivity contribution in [2.24, 2.45) is 0 Å². The Morgan fingerprint density at radius 2 is 2.05 bits per heavy atom. The molecule has 0 fully saturated rings. The maximum atomic E-state index is 11.3. The van der Waals surface area contributed by atoms with Crippen molar-refractivity contribution in [2.45, 2.75) is 0 Å². The predicted molar refractivity (Wildman–Crippen MR) is 75.3 cm³/mol. The number of fused-ring (bicyclic) bond motifs is 1. The molecule has 0 radical (unpaired) electrons. The standard InChI is InChI=1S/C14H9BrN2O2/c15-9-5-6-17-10(7-9)8-16-13(17)11-3-1-2-4-12(11)14(18)19/h1-8H,(H,18,19). The van der Waals surface area contributed by atoms with E-state index in [-0.39, 0.29) is 5.56 Å². The van der Waals surface area contributed by atoms with Crippen LogP contribution < -0.4 is 0 Å². The van der Waals surface area contributed by atoms with Gasteiger partial charge in [-0.05, 0) is 18.2 Å². The highest BCUT2D eigenvalue weighted by atomic mass is 79.9. The van der Waals surface area contributed by atoms with Gasteiger partial charge in [0.1, 0.15) is 5.82 Å². The van der Waals surface area contributed by atoms with Crippen LogP contribution in [0.3, 0.4) is 0 Å². The minimum Gasteiger partial charge on any atom is -0.478 e. The molecule has 0 atom stereocenters. The van der Waals surface area contributed by atoms with Crippen LogP contribution in [0.4, 0.5) is 0 Å². The van der Waals surface area contributed by atoms with E-state index in [9.17, 15) is 9.90 Å². The molecule has 0 aliphatic carbocycles. The number of rotatable bonds is 2. The molecule has 3 aromatic rings. The lowest BCUT2D eigenvalue weighted by atomic mass is 10.1. The van der Waals surface area contributed by atoms with Gasteiger partial charge in [-0.15, -0.1) is 0 Å². The number of carboxylic acid groups (broad SMARTS) is 1. The summed E-state index contributed by atoms with van der Waals surface area (Å²) in [6.07, 6.45) is 3.58. The van der Waals surface area contributed by atoms with Gasteiger partial charge in [0, 0.05) is 16.2 Å². The Labute approximate surface area is 117 Å². The van der Waals surface area contributed by atoms with Gasteiger partial charge in [-0.1, -0.05) is 34.1 Å². The lowest BCUT2D eigenvalue weighted by Crippen LogP contribution is -2.01. The third kappa shape index (κ3) is 2.02. The molecule has 0 unspecified atom stereocenters. The molecule has 4 nitrogen and oxygen atoms in total. The van der Waals surface area contributed by atoms with E-state index in [1.807, 2.05) is 28.8 Å². The maximum Gasteiger partial charge on any atom is 0.336 e. The molecular weight excluding hydrogens is 308 g/mol.